The fraction of sp³-hybridized carbons (Fsp3) is 0.316. The van der Waals surface area contributed by atoms with Crippen LogP contribution in [-0.4, -0.2) is 43.2 Å². The highest BCUT2D eigenvalue weighted by atomic mass is 35.5. The van der Waals surface area contributed by atoms with Crippen LogP contribution in [0, 0.1) is 0 Å². The van der Waals surface area contributed by atoms with Crippen LogP contribution in [0.5, 0.6) is 11.5 Å². The first-order chi connectivity index (χ1) is 12.4. The highest BCUT2D eigenvalue weighted by molar-refractivity contribution is 6.36. The lowest BCUT2D eigenvalue weighted by molar-refractivity contribution is -0.120. The van der Waals surface area contributed by atoms with Gasteiger partial charge in [-0.15, -0.1) is 0 Å². The molecule has 0 fully saturated rings. The summed E-state index contributed by atoms with van der Waals surface area (Å²) in [4.78, 5) is 14.4. The molecule has 1 amide bonds. The fourth-order valence-corrected chi connectivity index (χ4v) is 3.12. The van der Waals surface area contributed by atoms with Gasteiger partial charge in [0.15, 0.2) is 11.5 Å². The number of para-hydroxylation sites is 2. The number of carbonyl (C=O) groups is 1. The Bertz CT molecular complexity index is 800. The molecule has 0 aliphatic carbocycles. The zero-order valence-electron chi connectivity index (χ0n) is 14.5. The van der Waals surface area contributed by atoms with Gasteiger partial charge in [0, 0.05) is 11.6 Å². The van der Waals surface area contributed by atoms with Gasteiger partial charge >= 0.3 is 0 Å². The second-order valence-corrected chi connectivity index (χ2v) is 7.07. The number of amides is 1. The molecule has 2 atom stereocenters. The minimum atomic E-state index is -0.373. The average Bonchev–Trinajstić information content (AvgIpc) is 2.63. The largest absolute Gasteiger partial charge is 0.486 e. The van der Waals surface area contributed by atoms with E-state index in [2.05, 4.69) is 5.32 Å². The number of nitrogens with one attached hydrogen (secondary N) is 1. The number of nitrogens with zero attached hydrogens (tertiary/aromatic N) is 1. The predicted octanol–water partition coefficient (Wildman–Crippen LogP) is 4.09. The fourth-order valence-electron chi connectivity index (χ4n) is 2.66. The van der Waals surface area contributed by atoms with Crippen molar-refractivity contribution in [3.8, 4) is 11.5 Å². The Morgan fingerprint density at radius 3 is 2.73 bits per heavy atom. The third-order valence-electron chi connectivity index (χ3n) is 4.29. The standard InChI is InChI=1S/C19H20Cl2N2O3/c1-12(19(24)22-16-8-7-13(20)9-15(16)21)23(2)10-14-11-25-17-5-3-4-6-18(17)26-14/h3-9,12,14H,10-11H2,1-2H3,(H,22,24)/t12-,14+/m0/s1. The van der Waals surface area contributed by atoms with Gasteiger partial charge < -0.3 is 14.8 Å². The zero-order chi connectivity index (χ0) is 18.7. The average molecular weight is 395 g/mol. The molecule has 0 saturated carbocycles. The minimum absolute atomic E-state index is 0.149. The molecule has 0 aromatic heterocycles. The summed E-state index contributed by atoms with van der Waals surface area (Å²) >= 11 is 12.0. The number of fused-ring (bicyclic) bond motifs is 1. The molecule has 3 rings (SSSR count). The van der Waals surface area contributed by atoms with Crippen molar-refractivity contribution in [1.29, 1.82) is 0 Å². The molecule has 0 saturated heterocycles. The number of rotatable bonds is 5. The van der Waals surface area contributed by atoms with Crippen LogP contribution in [-0.2, 0) is 4.79 Å². The molecule has 2 aromatic carbocycles. The topological polar surface area (TPSA) is 50.8 Å². The number of benzene rings is 2. The van der Waals surface area contributed by atoms with Gasteiger partial charge in [0.1, 0.15) is 12.7 Å². The van der Waals surface area contributed by atoms with Gasteiger partial charge in [0.05, 0.1) is 16.8 Å². The van der Waals surface area contributed by atoms with E-state index in [0.717, 1.165) is 11.5 Å². The van der Waals surface area contributed by atoms with Crippen LogP contribution >= 0.6 is 23.2 Å². The van der Waals surface area contributed by atoms with Crippen molar-refractivity contribution in [2.45, 2.75) is 19.1 Å². The maximum Gasteiger partial charge on any atom is 0.241 e. The smallest absolute Gasteiger partial charge is 0.241 e. The van der Waals surface area contributed by atoms with Crippen molar-refractivity contribution in [2.75, 3.05) is 25.5 Å². The highest BCUT2D eigenvalue weighted by Crippen LogP contribution is 2.31. The summed E-state index contributed by atoms with van der Waals surface area (Å²) in [5, 5.41) is 3.75. The molecule has 1 heterocycles. The van der Waals surface area contributed by atoms with Gasteiger partial charge in [-0.1, -0.05) is 35.3 Å². The van der Waals surface area contributed by atoms with E-state index in [9.17, 15) is 4.79 Å². The lowest BCUT2D eigenvalue weighted by atomic mass is 10.2. The van der Waals surface area contributed by atoms with Crippen LogP contribution in [0.4, 0.5) is 5.69 Å². The van der Waals surface area contributed by atoms with Crippen LogP contribution in [0.1, 0.15) is 6.92 Å². The van der Waals surface area contributed by atoms with Crippen LogP contribution in [0.15, 0.2) is 42.5 Å². The second-order valence-electron chi connectivity index (χ2n) is 6.23. The molecule has 0 bridgehead atoms. The first-order valence-corrected chi connectivity index (χ1v) is 9.04. The van der Waals surface area contributed by atoms with Crippen molar-refractivity contribution >= 4 is 34.8 Å². The van der Waals surface area contributed by atoms with E-state index in [1.165, 1.54) is 0 Å². The molecule has 7 heteroatoms. The SMILES string of the molecule is C[C@@H](C(=O)Nc1ccc(Cl)cc1Cl)N(C)C[C@@H]1COc2ccccc2O1. The van der Waals surface area contributed by atoms with Gasteiger partial charge in [-0.2, -0.15) is 0 Å². The summed E-state index contributed by atoms with van der Waals surface area (Å²) in [5.74, 6) is 1.31. The van der Waals surface area contributed by atoms with Crippen molar-refractivity contribution < 1.29 is 14.3 Å². The quantitative estimate of drug-likeness (QED) is 0.829. The maximum atomic E-state index is 12.5. The summed E-state index contributed by atoms with van der Waals surface area (Å²) in [7, 11) is 1.87. The van der Waals surface area contributed by atoms with E-state index < -0.39 is 0 Å². The molecule has 138 valence electrons. The van der Waals surface area contributed by atoms with Crippen LogP contribution in [0.2, 0.25) is 10.0 Å². The predicted molar refractivity (Wildman–Crippen MR) is 104 cm³/mol. The second kappa shape index (κ2) is 8.16. The third kappa shape index (κ3) is 4.41. The van der Waals surface area contributed by atoms with E-state index in [4.69, 9.17) is 32.7 Å². The number of anilines is 1. The molecular formula is C19H20Cl2N2O3. The van der Waals surface area contributed by atoms with E-state index in [-0.39, 0.29) is 18.1 Å². The Hall–Kier alpha value is -1.95. The van der Waals surface area contributed by atoms with Crippen molar-refractivity contribution in [3.63, 3.8) is 0 Å². The molecule has 1 aliphatic rings. The molecule has 1 N–H and O–H groups in total. The Kier molecular flexibility index (Phi) is 5.91. The van der Waals surface area contributed by atoms with Gasteiger partial charge in [-0.05, 0) is 44.3 Å². The summed E-state index contributed by atoms with van der Waals surface area (Å²) in [6.45, 7) is 2.83. The number of carbonyl (C=O) groups excluding carboxylic acids is 1. The Morgan fingerprint density at radius 2 is 2.00 bits per heavy atom. The van der Waals surface area contributed by atoms with Crippen LogP contribution < -0.4 is 14.8 Å². The molecular weight excluding hydrogens is 375 g/mol. The highest BCUT2D eigenvalue weighted by Gasteiger charge is 2.26. The summed E-state index contributed by atoms with van der Waals surface area (Å²) in [6, 6.07) is 12.1. The monoisotopic (exact) mass is 394 g/mol. The minimum Gasteiger partial charge on any atom is -0.486 e. The van der Waals surface area contributed by atoms with Crippen molar-refractivity contribution in [2.24, 2.45) is 0 Å². The van der Waals surface area contributed by atoms with Crippen LogP contribution in [0.3, 0.4) is 0 Å². The van der Waals surface area contributed by atoms with Gasteiger partial charge in [0.25, 0.3) is 0 Å². The van der Waals surface area contributed by atoms with E-state index in [1.807, 2.05) is 43.1 Å². The van der Waals surface area contributed by atoms with Gasteiger partial charge in [0.2, 0.25) is 5.91 Å². The Balaban J connectivity index is 1.57. The molecule has 5 nitrogen and oxygen atoms in total. The Labute approximate surface area is 162 Å². The summed E-state index contributed by atoms with van der Waals surface area (Å²) < 4.78 is 11.7. The molecule has 1 aliphatic heterocycles. The Morgan fingerprint density at radius 1 is 1.27 bits per heavy atom. The number of halogens is 2. The molecule has 0 unspecified atom stereocenters. The molecule has 0 radical (unpaired) electrons. The van der Waals surface area contributed by atoms with Gasteiger partial charge in [-0.25, -0.2) is 0 Å². The van der Waals surface area contributed by atoms with Crippen LogP contribution in [0.25, 0.3) is 0 Å². The van der Waals surface area contributed by atoms with E-state index in [0.29, 0.717) is 28.9 Å². The maximum absolute atomic E-state index is 12.5. The van der Waals surface area contributed by atoms with Crippen molar-refractivity contribution in [1.82, 2.24) is 4.90 Å². The number of hydrogen-bond acceptors (Lipinski definition) is 4. The molecule has 26 heavy (non-hydrogen) atoms. The number of hydrogen-bond donors (Lipinski definition) is 1. The lowest BCUT2D eigenvalue weighted by Crippen LogP contribution is -2.46. The molecule has 0 spiro atoms. The first kappa shape index (κ1) is 18.8. The first-order valence-electron chi connectivity index (χ1n) is 8.28. The summed E-state index contributed by atoms with van der Waals surface area (Å²) in [6.07, 6.45) is -0.149. The third-order valence-corrected chi connectivity index (χ3v) is 4.84. The molecule has 2 aromatic rings. The lowest BCUT2D eigenvalue weighted by Gasteiger charge is -2.31. The zero-order valence-corrected chi connectivity index (χ0v) is 16.1. The van der Waals surface area contributed by atoms with E-state index in [1.54, 1.807) is 18.2 Å². The van der Waals surface area contributed by atoms with Crippen molar-refractivity contribution in [3.05, 3.63) is 52.5 Å². The van der Waals surface area contributed by atoms with E-state index >= 15 is 0 Å². The number of likely N-dealkylation sites (N-methyl/N-ethyl adjacent to an activating group) is 1. The normalized spacial score (nSPS) is 17.0. The summed E-state index contributed by atoms with van der Waals surface area (Å²) in [5.41, 5.74) is 0.535. The number of ether oxygens (including phenoxy) is 2. The van der Waals surface area contributed by atoms with Gasteiger partial charge in [-0.3, -0.25) is 9.69 Å².